The number of halogens is 1. The Morgan fingerprint density at radius 2 is 1.65 bits per heavy atom. The second kappa shape index (κ2) is 6.77. The van der Waals surface area contributed by atoms with Gasteiger partial charge in [-0.05, 0) is 31.6 Å². The molecule has 2 rings (SSSR count). The maximum atomic E-state index is 12.0. The Bertz CT molecular complexity index is 251. The van der Waals surface area contributed by atoms with Gasteiger partial charge in [0.15, 0.2) is 0 Å². The topological polar surface area (TPSA) is 29.1 Å². The number of amides is 1. The van der Waals surface area contributed by atoms with Crippen molar-refractivity contribution in [3.63, 3.8) is 0 Å². The Morgan fingerprint density at radius 1 is 1.00 bits per heavy atom. The molecule has 3 heteroatoms. The molecule has 0 aromatic rings. The van der Waals surface area contributed by atoms with Gasteiger partial charge in [-0.15, -0.1) is 0 Å². The Kier molecular flexibility index (Phi) is 5.33. The molecule has 0 aliphatic heterocycles. The van der Waals surface area contributed by atoms with Gasteiger partial charge >= 0.3 is 0 Å². The maximum Gasteiger partial charge on any atom is 0.220 e. The van der Waals surface area contributed by atoms with Crippen molar-refractivity contribution in [1.29, 1.82) is 0 Å². The highest BCUT2D eigenvalue weighted by molar-refractivity contribution is 9.09. The molecule has 0 aromatic carbocycles. The smallest absolute Gasteiger partial charge is 0.220 e. The molecule has 2 aliphatic carbocycles. The van der Waals surface area contributed by atoms with Crippen molar-refractivity contribution in [2.45, 2.75) is 75.1 Å². The van der Waals surface area contributed by atoms with E-state index in [-0.39, 0.29) is 5.91 Å². The van der Waals surface area contributed by atoms with E-state index in [4.69, 9.17) is 0 Å². The van der Waals surface area contributed by atoms with Gasteiger partial charge in [0.25, 0.3) is 0 Å². The van der Waals surface area contributed by atoms with Crippen molar-refractivity contribution in [3.8, 4) is 0 Å². The Morgan fingerprint density at radius 3 is 2.35 bits per heavy atom. The van der Waals surface area contributed by atoms with Crippen LogP contribution in [0.5, 0.6) is 0 Å². The zero-order valence-electron chi connectivity index (χ0n) is 10.6. The summed E-state index contributed by atoms with van der Waals surface area (Å²) in [6, 6.07) is 0.375. The predicted molar refractivity (Wildman–Crippen MR) is 74.3 cm³/mol. The minimum absolute atomic E-state index is 0.285. The van der Waals surface area contributed by atoms with Crippen molar-refractivity contribution >= 4 is 21.8 Å². The van der Waals surface area contributed by atoms with Gasteiger partial charge in [-0.25, -0.2) is 0 Å². The number of hydrogen-bond acceptors (Lipinski definition) is 1. The third-order valence-electron chi connectivity index (χ3n) is 4.23. The first-order chi connectivity index (χ1) is 8.25. The van der Waals surface area contributed by atoms with Crippen LogP contribution in [0.1, 0.15) is 64.2 Å². The third kappa shape index (κ3) is 4.27. The Hall–Kier alpha value is -0.0500. The van der Waals surface area contributed by atoms with E-state index in [2.05, 4.69) is 21.2 Å². The van der Waals surface area contributed by atoms with E-state index < -0.39 is 0 Å². The van der Waals surface area contributed by atoms with Crippen LogP contribution in [-0.4, -0.2) is 16.8 Å². The molecule has 2 aliphatic rings. The van der Waals surface area contributed by atoms with E-state index in [1.165, 1.54) is 51.4 Å². The molecule has 2 atom stereocenters. The fraction of sp³-hybridized carbons (Fsp3) is 0.929. The monoisotopic (exact) mass is 301 g/mol. The Labute approximate surface area is 113 Å². The average Bonchev–Trinajstić information content (AvgIpc) is 2.33. The summed E-state index contributed by atoms with van der Waals surface area (Å²) in [5, 5.41) is 3.23. The summed E-state index contributed by atoms with van der Waals surface area (Å²) in [5.74, 6) is 0.939. The first-order valence-corrected chi connectivity index (χ1v) is 8.10. The highest BCUT2D eigenvalue weighted by Crippen LogP contribution is 2.27. The van der Waals surface area contributed by atoms with Crippen molar-refractivity contribution in [2.75, 3.05) is 0 Å². The van der Waals surface area contributed by atoms with Crippen LogP contribution in [0.25, 0.3) is 0 Å². The summed E-state index contributed by atoms with van der Waals surface area (Å²) in [6.45, 7) is 0. The standard InChI is InChI=1S/C14H24BrNO/c15-12-8-4-5-9-13(12)16-14(17)10-11-6-2-1-3-7-11/h11-13H,1-10H2,(H,16,17). The van der Waals surface area contributed by atoms with Gasteiger partial charge in [0.2, 0.25) is 5.91 Å². The van der Waals surface area contributed by atoms with Gasteiger partial charge in [-0.3, -0.25) is 4.79 Å². The van der Waals surface area contributed by atoms with Crippen molar-refractivity contribution in [1.82, 2.24) is 5.32 Å². The van der Waals surface area contributed by atoms with E-state index >= 15 is 0 Å². The number of carbonyl (C=O) groups is 1. The van der Waals surface area contributed by atoms with Crippen LogP contribution in [0.4, 0.5) is 0 Å². The molecule has 17 heavy (non-hydrogen) atoms. The van der Waals surface area contributed by atoms with Gasteiger partial charge in [-0.1, -0.05) is 48.0 Å². The number of carbonyl (C=O) groups excluding carboxylic acids is 1. The minimum atomic E-state index is 0.285. The highest BCUT2D eigenvalue weighted by Gasteiger charge is 2.25. The molecule has 98 valence electrons. The van der Waals surface area contributed by atoms with E-state index in [0.29, 0.717) is 16.8 Å². The first kappa shape index (κ1) is 13.4. The molecule has 0 heterocycles. The molecule has 2 nitrogen and oxygen atoms in total. The quantitative estimate of drug-likeness (QED) is 0.790. The second-order valence-corrected chi connectivity index (χ2v) is 6.86. The van der Waals surface area contributed by atoms with Gasteiger partial charge in [0.1, 0.15) is 0 Å². The molecule has 0 aromatic heterocycles. The van der Waals surface area contributed by atoms with Crippen LogP contribution < -0.4 is 5.32 Å². The van der Waals surface area contributed by atoms with Crippen molar-refractivity contribution in [3.05, 3.63) is 0 Å². The number of hydrogen-bond donors (Lipinski definition) is 1. The van der Waals surface area contributed by atoms with E-state index in [9.17, 15) is 4.79 Å². The van der Waals surface area contributed by atoms with E-state index in [1.807, 2.05) is 0 Å². The molecule has 2 fully saturated rings. The van der Waals surface area contributed by atoms with Crippen LogP contribution in [0.15, 0.2) is 0 Å². The zero-order chi connectivity index (χ0) is 12.1. The summed E-state index contributed by atoms with van der Waals surface area (Å²) >= 11 is 3.69. The molecular formula is C14H24BrNO. The number of rotatable bonds is 3. The zero-order valence-corrected chi connectivity index (χ0v) is 12.2. The lowest BCUT2D eigenvalue weighted by Crippen LogP contribution is -2.43. The molecule has 1 N–H and O–H groups in total. The van der Waals surface area contributed by atoms with Crippen LogP contribution >= 0.6 is 15.9 Å². The summed E-state index contributed by atoms with van der Waals surface area (Å²) in [7, 11) is 0. The lowest BCUT2D eigenvalue weighted by molar-refractivity contribution is -0.123. The van der Waals surface area contributed by atoms with Crippen molar-refractivity contribution in [2.24, 2.45) is 5.92 Å². The lowest BCUT2D eigenvalue weighted by atomic mass is 9.86. The second-order valence-electron chi connectivity index (χ2n) is 5.68. The Balaban J connectivity index is 1.72. The molecule has 2 unspecified atom stereocenters. The van der Waals surface area contributed by atoms with E-state index in [0.717, 1.165) is 12.8 Å². The van der Waals surface area contributed by atoms with Gasteiger partial charge < -0.3 is 5.32 Å². The normalized spacial score (nSPS) is 31.1. The fourth-order valence-electron chi connectivity index (χ4n) is 3.17. The van der Waals surface area contributed by atoms with Gasteiger partial charge in [0.05, 0.1) is 0 Å². The molecular weight excluding hydrogens is 278 g/mol. The largest absolute Gasteiger partial charge is 0.352 e. The molecule has 2 saturated carbocycles. The van der Waals surface area contributed by atoms with Gasteiger partial charge in [0, 0.05) is 17.3 Å². The van der Waals surface area contributed by atoms with E-state index in [1.54, 1.807) is 0 Å². The summed E-state index contributed by atoms with van der Waals surface area (Å²) in [4.78, 5) is 12.5. The summed E-state index contributed by atoms with van der Waals surface area (Å²) < 4.78 is 0. The van der Waals surface area contributed by atoms with Crippen LogP contribution in [0, 0.1) is 5.92 Å². The van der Waals surface area contributed by atoms with Crippen LogP contribution in [0.2, 0.25) is 0 Å². The van der Waals surface area contributed by atoms with Crippen LogP contribution in [-0.2, 0) is 4.79 Å². The number of alkyl halides is 1. The molecule has 0 radical (unpaired) electrons. The summed E-state index contributed by atoms with van der Waals surface area (Å²) in [6.07, 6.45) is 12.2. The number of nitrogens with one attached hydrogen (secondary N) is 1. The third-order valence-corrected chi connectivity index (χ3v) is 5.32. The molecule has 0 bridgehead atoms. The predicted octanol–water partition coefficient (Wildman–Crippen LogP) is 3.78. The van der Waals surface area contributed by atoms with Crippen LogP contribution in [0.3, 0.4) is 0 Å². The first-order valence-electron chi connectivity index (χ1n) is 7.19. The molecule has 0 spiro atoms. The average molecular weight is 302 g/mol. The minimum Gasteiger partial charge on any atom is -0.352 e. The maximum absolute atomic E-state index is 12.0. The van der Waals surface area contributed by atoms with Gasteiger partial charge in [-0.2, -0.15) is 0 Å². The summed E-state index contributed by atoms with van der Waals surface area (Å²) in [5.41, 5.74) is 0. The lowest BCUT2D eigenvalue weighted by Gasteiger charge is -2.29. The SMILES string of the molecule is O=C(CC1CCCCC1)NC1CCCCC1Br. The fourth-order valence-corrected chi connectivity index (χ4v) is 3.89. The molecule has 0 saturated heterocycles. The van der Waals surface area contributed by atoms with Crippen molar-refractivity contribution < 1.29 is 4.79 Å². The highest BCUT2D eigenvalue weighted by atomic mass is 79.9. The molecule has 1 amide bonds.